The van der Waals surface area contributed by atoms with Crippen molar-refractivity contribution in [3.8, 4) is 5.75 Å². The number of furan rings is 1. The van der Waals surface area contributed by atoms with Gasteiger partial charge in [-0.05, 0) is 30.4 Å². The molecule has 0 radical (unpaired) electrons. The topological polar surface area (TPSA) is 43.3 Å². The Bertz CT molecular complexity index is 1140. The minimum atomic E-state index is -0.184. The zero-order valence-electron chi connectivity index (χ0n) is 15.5. The first-order chi connectivity index (χ1) is 13.7. The number of pyridine rings is 1. The van der Waals surface area contributed by atoms with E-state index in [0.29, 0.717) is 17.1 Å². The second-order valence-corrected chi connectivity index (χ2v) is 6.48. The molecule has 0 atom stereocenters. The van der Waals surface area contributed by atoms with E-state index < -0.39 is 0 Å². The van der Waals surface area contributed by atoms with Crippen molar-refractivity contribution in [2.24, 2.45) is 0 Å². The highest BCUT2D eigenvalue weighted by atomic mass is 16.5. The van der Waals surface area contributed by atoms with E-state index in [2.05, 4.69) is 16.7 Å². The number of ether oxygens (including phenoxy) is 1. The summed E-state index contributed by atoms with van der Waals surface area (Å²) in [6.07, 6.45) is 7.36. The highest BCUT2D eigenvalue weighted by molar-refractivity contribution is 6.07. The first-order valence-corrected chi connectivity index (χ1v) is 9.05. The third-order valence-electron chi connectivity index (χ3n) is 4.49. The largest absolute Gasteiger partial charge is 0.493 e. The third kappa shape index (κ3) is 3.86. The lowest BCUT2D eigenvalue weighted by atomic mass is 10.2. The normalized spacial score (nSPS) is 11.2. The average Bonchev–Trinajstić information content (AvgIpc) is 3.17. The lowest BCUT2D eigenvalue weighted by Crippen LogP contribution is -2.33. The van der Waals surface area contributed by atoms with Crippen LogP contribution in [0, 0.1) is 0 Å². The van der Waals surface area contributed by atoms with E-state index in [9.17, 15) is 4.79 Å². The van der Waals surface area contributed by atoms with Crippen molar-refractivity contribution in [3.63, 3.8) is 0 Å². The average molecular weight is 370 g/mol. The molecule has 0 saturated heterocycles. The van der Waals surface area contributed by atoms with Gasteiger partial charge in [-0.1, -0.05) is 42.5 Å². The van der Waals surface area contributed by atoms with Crippen LogP contribution >= 0.6 is 0 Å². The van der Waals surface area contributed by atoms with E-state index >= 15 is 0 Å². The molecule has 0 fully saturated rings. The van der Waals surface area contributed by atoms with E-state index in [0.717, 1.165) is 17.5 Å². The second kappa shape index (κ2) is 7.92. The molecule has 138 valence electrons. The minimum Gasteiger partial charge on any atom is -0.493 e. The molecular weight excluding hydrogens is 350 g/mol. The number of hydrogen-bond donors (Lipinski definition) is 0. The van der Waals surface area contributed by atoms with Gasteiger partial charge in [0, 0.05) is 22.6 Å². The van der Waals surface area contributed by atoms with Gasteiger partial charge in [0.25, 0.3) is 0 Å². The fourth-order valence-electron chi connectivity index (χ4n) is 3.11. The van der Waals surface area contributed by atoms with Crippen LogP contribution in [0.5, 0.6) is 5.75 Å². The SMILES string of the molecule is COc1cccc2cc(C(=O)/C=C/c3ccc[n+](Cc4ccccc4)c3)oc12. The maximum atomic E-state index is 12.5. The van der Waals surface area contributed by atoms with Crippen LogP contribution in [0.2, 0.25) is 0 Å². The number of rotatable bonds is 6. The van der Waals surface area contributed by atoms with Crippen LogP contribution in [0.3, 0.4) is 0 Å². The molecule has 2 heterocycles. The zero-order chi connectivity index (χ0) is 19.3. The first-order valence-electron chi connectivity index (χ1n) is 9.05. The highest BCUT2D eigenvalue weighted by Crippen LogP contribution is 2.28. The van der Waals surface area contributed by atoms with Gasteiger partial charge in [0.05, 0.1) is 7.11 Å². The summed E-state index contributed by atoms with van der Waals surface area (Å²) in [5, 5.41) is 0.844. The number of hydrogen-bond acceptors (Lipinski definition) is 3. The molecule has 4 aromatic rings. The standard InChI is InChI=1S/C24H20NO3/c1-27-22-11-5-10-20-15-23(28-24(20)22)21(26)13-12-19-9-6-14-25(17-19)16-18-7-3-2-4-8-18/h2-15,17H,16H2,1H3/q+1/b13-12+. The molecule has 4 rings (SSSR count). The number of benzene rings is 2. The third-order valence-corrected chi connectivity index (χ3v) is 4.49. The molecule has 0 aliphatic heterocycles. The summed E-state index contributed by atoms with van der Waals surface area (Å²) in [6, 6.07) is 21.5. The summed E-state index contributed by atoms with van der Waals surface area (Å²) in [6.45, 7) is 0.778. The number of ketones is 1. The Hall–Kier alpha value is -3.66. The van der Waals surface area contributed by atoms with Crippen LogP contribution < -0.4 is 9.30 Å². The minimum absolute atomic E-state index is 0.184. The van der Waals surface area contributed by atoms with Crippen molar-refractivity contribution >= 4 is 22.8 Å². The van der Waals surface area contributed by atoms with Crippen molar-refractivity contribution in [2.75, 3.05) is 7.11 Å². The molecule has 2 aromatic heterocycles. The number of carbonyl (C=O) groups excluding carboxylic acids is 1. The Morgan fingerprint density at radius 3 is 2.75 bits per heavy atom. The molecule has 0 bridgehead atoms. The van der Waals surface area contributed by atoms with Gasteiger partial charge in [0.2, 0.25) is 5.78 Å². The van der Waals surface area contributed by atoms with Crippen LogP contribution in [-0.2, 0) is 6.54 Å². The quantitative estimate of drug-likeness (QED) is 0.281. The van der Waals surface area contributed by atoms with Gasteiger partial charge in [-0.2, -0.15) is 0 Å². The molecule has 28 heavy (non-hydrogen) atoms. The molecule has 0 saturated carbocycles. The van der Waals surface area contributed by atoms with Gasteiger partial charge in [-0.15, -0.1) is 0 Å². The Labute approximate surface area is 163 Å². The van der Waals surface area contributed by atoms with E-state index in [4.69, 9.17) is 9.15 Å². The lowest BCUT2D eigenvalue weighted by molar-refractivity contribution is -0.688. The van der Waals surface area contributed by atoms with Crippen molar-refractivity contribution in [3.05, 3.63) is 102 Å². The van der Waals surface area contributed by atoms with Crippen molar-refractivity contribution < 1.29 is 18.5 Å². The fourth-order valence-corrected chi connectivity index (χ4v) is 3.11. The Balaban J connectivity index is 1.52. The number of allylic oxidation sites excluding steroid dienone is 1. The lowest BCUT2D eigenvalue weighted by Gasteiger charge is -1.99. The van der Waals surface area contributed by atoms with Crippen molar-refractivity contribution in [1.29, 1.82) is 0 Å². The summed E-state index contributed by atoms with van der Waals surface area (Å²) in [5.41, 5.74) is 2.75. The Morgan fingerprint density at radius 2 is 1.93 bits per heavy atom. The number of fused-ring (bicyclic) bond motifs is 1. The van der Waals surface area contributed by atoms with Gasteiger partial charge in [0.1, 0.15) is 0 Å². The number of nitrogens with zero attached hydrogens (tertiary/aromatic N) is 1. The summed E-state index contributed by atoms with van der Waals surface area (Å²) in [7, 11) is 1.58. The number of aromatic nitrogens is 1. The maximum Gasteiger partial charge on any atom is 0.221 e. The number of carbonyl (C=O) groups is 1. The maximum absolute atomic E-state index is 12.5. The van der Waals surface area contributed by atoms with Crippen LogP contribution in [0.15, 0.2) is 89.6 Å². The molecule has 4 nitrogen and oxygen atoms in total. The smallest absolute Gasteiger partial charge is 0.221 e. The van der Waals surface area contributed by atoms with Gasteiger partial charge >= 0.3 is 0 Å². The summed E-state index contributed by atoms with van der Waals surface area (Å²) >= 11 is 0. The molecule has 2 aromatic carbocycles. The first kappa shape index (κ1) is 17.7. The molecule has 0 spiro atoms. The van der Waals surface area contributed by atoms with E-state index in [-0.39, 0.29) is 5.78 Å². The predicted octanol–water partition coefficient (Wildman–Crippen LogP) is 4.67. The highest BCUT2D eigenvalue weighted by Gasteiger charge is 2.13. The Kier molecular flexibility index (Phi) is 5.02. The zero-order valence-corrected chi connectivity index (χ0v) is 15.5. The molecule has 0 aliphatic carbocycles. The van der Waals surface area contributed by atoms with Crippen LogP contribution in [0.25, 0.3) is 17.0 Å². The molecule has 0 amide bonds. The summed E-state index contributed by atoms with van der Waals surface area (Å²) in [4.78, 5) is 12.5. The molecule has 0 unspecified atom stereocenters. The van der Waals surface area contributed by atoms with E-state index in [1.54, 1.807) is 19.3 Å². The van der Waals surface area contributed by atoms with E-state index in [1.807, 2.05) is 60.9 Å². The number of para-hydroxylation sites is 1. The molecular formula is C24H20NO3+. The van der Waals surface area contributed by atoms with E-state index in [1.165, 1.54) is 11.6 Å². The van der Waals surface area contributed by atoms with Gasteiger partial charge in [-0.3, -0.25) is 4.79 Å². The second-order valence-electron chi connectivity index (χ2n) is 6.48. The van der Waals surface area contributed by atoms with Crippen molar-refractivity contribution in [1.82, 2.24) is 0 Å². The summed E-state index contributed by atoms with van der Waals surface area (Å²) in [5.74, 6) is 0.728. The molecule has 0 N–H and O–H groups in total. The summed E-state index contributed by atoms with van der Waals surface area (Å²) < 4.78 is 13.1. The van der Waals surface area contributed by atoms with Crippen LogP contribution in [0.1, 0.15) is 21.7 Å². The molecule has 0 aliphatic rings. The van der Waals surface area contributed by atoms with Gasteiger partial charge in [0.15, 0.2) is 36.0 Å². The molecule has 4 heteroatoms. The predicted molar refractivity (Wildman–Crippen MR) is 108 cm³/mol. The van der Waals surface area contributed by atoms with Crippen molar-refractivity contribution in [2.45, 2.75) is 6.54 Å². The van der Waals surface area contributed by atoms with Gasteiger partial charge in [-0.25, -0.2) is 4.57 Å². The fraction of sp³-hybridized carbons (Fsp3) is 0.0833. The monoisotopic (exact) mass is 370 g/mol. The van der Waals surface area contributed by atoms with Crippen LogP contribution in [0.4, 0.5) is 0 Å². The Morgan fingerprint density at radius 1 is 1.07 bits per heavy atom. The van der Waals surface area contributed by atoms with Gasteiger partial charge < -0.3 is 9.15 Å². The van der Waals surface area contributed by atoms with Crippen LogP contribution in [-0.4, -0.2) is 12.9 Å². The number of methoxy groups -OCH3 is 1.